The third-order valence-corrected chi connectivity index (χ3v) is 6.95. The van der Waals surface area contributed by atoms with E-state index in [0.29, 0.717) is 36.2 Å². The number of anilines is 1. The summed E-state index contributed by atoms with van der Waals surface area (Å²) in [5.74, 6) is 0.543. The van der Waals surface area contributed by atoms with Crippen molar-refractivity contribution in [1.82, 2.24) is 24.6 Å². The number of amides is 1. The zero-order valence-electron chi connectivity index (χ0n) is 22.7. The molecule has 1 amide bonds. The number of benzene rings is 1. The number of aromatic amines is 1. The molecule has 1 saturated heterocycles. The molecule has 38 heavy (non-hydrogen) atoms. The molecule has 0 spiro atoms. The number of fused-ring (bicyclic) bond motifs is 1. The van der Waals surface area contributed by atoms with Crippen LogP contribution < -0.4 is 5.32 Å². The van der Waals surface area contributed by atoms with E-state index in [1.54, 1.807) is 9.47 Å². The predicted molar refractivity (Wildman–Crippen MR) is 147 cm³/mol. The predicted octanol–water partition coefficient (Wildman–Crippen LogP) is 5.94. The van der Waals surface area contributed by atoms with Crippen molar-refractivity contribution in [3.8, 4) is 0 Å². The average molecular weight is 566 g/mol. The molecule has 12 heteroatoms. The number of nitrogens with zero attached hydrogens (tertiary/aromatic N) is 4. The van der Waals surface area contributed by atoms with Crippen LogP contribution in [0.5, 0.6) is 0 Å². The lowest BCUT2D eigenvalue weighted by Gasteiger charge is -2.25. The first-order valence-electron chi connectivity index (χ1n) is 12.4. The van der Waals surface area contributed by atoms with Gasteiger partial charge in [-0.3, -0.25) is 5.10 Å². The van der Waals surface area contributed by atoms with Gasteiger partial charge in [0.15, 0.2) is 16.7 Å². The molecule has 1 atom stereocenters. The molecular formula is C26H34Cl2N6O4. The van der Waals surface area contributed by atoms with Crippen LogP contribution in [0.3, 0.4) is 0 Å². The molecule has 1 aromatic carbocycles. The van der Waals surface area contributed by atoms with Crippen molar-refractivity contribution in [1.29, 1.82) is 0 Å². The van der Waals surface area contributed by atoms with Gasteiger partial charge in [0.1, 0.15) is 11.4 Å². The minimum absolute atomic E-state index is 0.0399. The molecule has 206 valence electrons. The largest absolute Gasteiger partial charge is 0.464 e. The first-order chi connectivity index (χ1) is 17.7. The quantitative estimate of drug-likeness (QED) is 0.368. The maximum absolute atomic E-state index is 12.7. The molecule has 0 bridgehead atoms. The van der Waals surface area contributed by atoms with E-state index >= 15 is 0 Å². The number of carbonyl (C=O) groups excluding carboxylic acids is 2. The Balaban J connectivity index is 1.63. The van der Waals surface area contributed by atoms with Crippen LogP contribution in [0.4, 0.5) is 10.6 Å². The summed E-state index contributed by atoms with van der Waals surface area (Å²) in [5.41, 5.74) is 1.19. The van der Waals surface area contributed by atoms with Crippen LogP contribution in [0.25, 0.3) is 10.9 Å². The van der Waals surface area contributed by atoms with Crippen LogP contribution in [0.15, 0.2) is 12.1 Å². The summed E-state index contributed by atoms with van der Waals surface area (Å²) >= 11 is 12.9. The number of halogens is 2. The summed E-state index contributed by atoms with van der Waals surface area (Å²) in [6.45, 7) is 12.8. The van der Waals surface area contributed by atoms with Crippen LogP contribution in [0, 0.1) is 0 Å². The smallest absolute Gasteiger partial charge is 0.410 e. The van der Waals surface area contributed by atoms with Crippen molar-refractivity contribution >= 4 is 52.0 Å². The number of ether oxygens (including phenoxy) is 2. The zero-order valence-corrected chi connectivity index (χ0v) is 24.3. The van der Waals surface area contributed by atoms with Crippen LogP contribution in [-0.4, -0.2) is 62.5 Å². The fourth-order valence-electron chi connectivity index (χ4n) is 4.60. The van der Waals surface area contributed by atoms with Gasteiger partial charge in [-0.1, -0.05) is 44.0 Å². The number of imidazole rings is 1. The molecule has 1 aliphatic heterocycles. The maximum Gasteiger partial charge on any atom is 0.410 e. The van der Waals surface area contributed by atoms with Gasteiger partial charge in [0.2, 0.25) is 0 Å². The number of esters is 1. The number of H-pyrrole nitrogens is 1. The summed E-state index contributed by atoms with van der Waals surface area (Å²) in [4.78, 5) is 31.4. The maximum atomic E-state index is 12.7. The highest BCUT2D eigenvalue weighted by Gasteiger charge is 2.35. The highest BCUT2D eigenvalue weighted by atomic mass is 35.5. The van der Waals surface area contributed by atoms with Crippen molar-refractivity contribution in [3.63, 3.8) is 0 Å². The minimum Gasteiger partial charge on any atom is -0.464 e. The Kier molecular flexibility index (Phi) is 7.60. The van der Waals surface area contributed by atoms with Gasteiger partial charge >= 0.3 is 12.1 Å². The molecule has 1 fully saturated rings. The van der Waals surface area contributed by atoms with E-state index in [9.17, 15) is 9.59 Å². The first kappa shape index (κ1) is 28.0. The van der Waals surface area contributed by atoms with E-state index in [4.69, 9.17) is 32.7 Å². The summed E-state index contributed by atoms with van der Waals surface area (Å²) < 4.78 is 12.3. The second-order valence-corrected chi connectivity index (χ2v) is 12.2. The van der Waals surface area contributed by atoms with Gasteiger partial charge in [0, 0.05) is 23.5 Å². The molecule has 4 rings (SSSR count). The molecule has 1 aliphatic rings. The normalized spacial score (nSPS) is 16.2. The van der Waals surface area contributed by atoms with E-state index in [-0.39, 0.29) is 28.8 Å². The molecule has 10 nitrogen and oxygen atoms in total. The molecule has 3 heterocycles. The van der Waals surface area contributed by atoms with Crippen molar-refractivity contribution in [2.75, 3.05) is 25.5 Å². The fourth-order valence-corrected chi connectivity index (χ4v) is 5.31. The standard InChI is InChI=1S/C26H34Cl2N6O4/c1-25(2,3)16-10-15-18(11-17(16)27)31-32-22(15)29-12-19-30-21(28)20(23(35)37-7)34(19)14-8-9-33(13-14)24(36)38-26(4,5)6/h10-11,14H,8-9,12-13H2,1-7H3,(H2,29,31,32)/t14-/m1/s1. The van der Waals surface area contributed by atoms with Gasteiger partial charge in [0.25, 0.3) is 0 Å². The molecular weight excluding hydrogens is 531 g/mol. The summed E-state index contributed by atoms with van der Waals surface area (Å²) in [5, 5.41) is 12.4. The SMILES string of the molecule is COC(=O)c1c(Cl)nc(CNc2n[nH]c3cc(Cl)c(C(C)(C)C)cc23)n1[C@@H]1CCN(C(=O)OC(C)(C)C)C1. The van der Waals surface area contributed by atoms with Crippen LogP contribution in [0.1, 0.15) is 75.9 Å². The van der Waals surface area contributed by atoms with E-state index in [0.717, 1.165) is 16.5 Å². The van der Waals surface area contributed by atoms with Crippen molar-refractivity contribution < 1.29 is 19.1 Å². The highest BCUT2D eigenvalue weighted by molar-refractivity contribution is 6.32. The highest BCUT2D eigenvalue weighted by Crippen LogP contribution is 2.35. The number of nitrogens with one attached hydrogen (secondary N) is 2. The van der Waals surface area contributed by atoms with E-state index in [1.165, 1.54) is 7.11 Å². The summed E-state index contributed by atoms with van der Waals surface area (Å²) in [7, 11) is 1.30. The zero-order chi connectivity index (χ0) is 28.0. The van der Waals surface area contributed by atoms with Crippen LogP contribution in [0.2, 0.25) is 10.2 Å². The second-order valence-electron chi connectivity index (χ2n) is 11.5. The minimum atomic E-state index is -0.608. The van der Waals surface area contributed by atoms with Gasteiger partial charge in [-0.2, -0.15) is 5.10 Å². The number of aromatic nitrogens is 4. The number of likely N-dealkylation sites (tertiary alicyclic amines) is 1. The topological polar surface area (TPSA) is 114 Å². The molecule has 2 aromatic heterocycles. The third-order valence-electron chi connectivity index (χ3n) is 6.37. The van der Waals surface area contributed by atoms with Crippen molar-refractivity contribution in [2.45, 2.75) is 71.6 Å². The lowest BCUT2D eigenvalue weighted by atomic mass is 9.86. The van der Waals surface area contributed by atoms with Crippen LogP contribution >= 0.6 is 23.2 Å². The molecule has 0 radical (unpaired) electrons. The Bertz CT molecular complexity index is 1370. The van der Waals surface area contributed by atoms with Crippen molar-refractivity contribution in [2.24, 2.45) is 0 Å². The third kappa shape index (κ3) is 5.71. The average Bonchev–Trinajstić information content (AvgIpc) is 3.51. The molecule has 3 aromatic rings. The van der Waals surface area contributed by atoms with Crippen LogP contribution in [-0.2, 0) is 21.4 Å². The lowest BCUT2D eigenvalue weighted by Crippen LogP contribution is -2.35. The lowest BCUT2D eigenvalue weighted by molar-refractivity contribution is 0.0289. The molecule has 2 N–H and O–H groups in total. The number of hydrogen-bond donors (Lipinski definition) is 2. The fraction of sp³-hybridized carbons (Fsp3) is 0.538. The van der Waals surface area contributed by atoms with Crippen molar-refractivity contribution in [3.05, 3.63) is 39.4 Å². The number of methoxy groups -OCH3 is 1. The van der Waals surface area contributed by atoms with Gasteiger partial charge in [0.05, 0.1) is 25.2 Å². The summed E-state index contributed by atoms with van der Waals surface area (Å²) in [6.07, 6.45) is 0.198. The monoisotopic (exact) mass is 564 g/mol. The molecule has 0 unspecified atom stereocenters. The Labute approximate surface area is 232 Å². The molecule has 0 saturated carbocycles. The van der Waals surface area contributed by atoms with Gasteiger partial charge in [-0.15, -0.1) is 0 Å². The Morgan fingerprint density at radius 3 is 2.53 bits per heavy atom. The Morgan fingerprint density at radius 1 is 1.18 bits per heavy atom. The first-order valence-corrected chi connectivity index (χ1v) is 13.2. The number of rotatable bonds is 5. The Hall–Kier alpha value is -2.98. The molecule has 0 aliphatic carbocycles. The van der Waals surface area contributed by atoms with Gasteiger partial charge in [-0.25, -0.2) is 14.6 Å². The number of carbonyl (C=O) groups is 2. The van der Waals surface area contributed by atoms with Gasteiger partial charge < -0.3 is 24.3 Å². The van der Waals surface area contributed by atoms with E-state index in [1.807, 2.05) is 32.9 Å². The number of hydrogen-bond acceptors (Lipinski definition) is 7. The van der Waals surface area contributed by atoms with E-state index in [2.05, 4.69) is 41.3 Å². The Morgan fingerprint density at radius 2 is 1.89 bits per heavy atom. The second kappa shape index (κ2) is 10.3. The summed E-state index contributed by atoms with van der Waals surface area (Å²) in [6, 6.07) is 3.65. The van der Waals surface area contributed by atoms with E-state index < -0.39 is 17.7 Å². The van der Waals surface area contributed by atoms with Gasteiger partial charge in [-0.05, 0) is 50.3 Å².